The lowest BCUT2D eigenvalue weighted by Gasteiger charge is -2.14. The number of nitrogens with zero attached hydrogens (tertiary/aromatic N) is 1. The van der Waals surface area contributed by atoms with Crippen LogP contribution in [0.1, 0.15) is 16.4 Å². The van der Waals surface area contributed by atoms with Gasteiger partial charge in [-0.05, 0) is 24.6 Å². The van der Waals surface area contributed by atoms with E-state index in [2.05, 4.69) is 4.98 Å². The molecule has 4 nitrogen and oxygen atoms in total. The number of fused-ring (bicyclic) bond motifs is 1. The fraction of sp³-hybridized carbons (Fsp3) is 0.188. The maximum atomic E-state index is 12.0. The molecular formula is C16H16N2O2S3. The van der Waals surface area contributed by atoms with Gasteiger partial charge < -0.3 is 0 Å². The van der Waals surface area contributed by atoms with Crippen LogP contribution in [0.4, 0.5) is 0 Å². The highest BCUT2D eigenvalue weighted by Gasteiger charge is 2.24. The fourth-order valence-electron chi connectivity index (χ4n) is 2.22. The smallest absolute Gasteiger partial charge is 0.216 e. The first-order valence-electron chi connectivity index (χ1n) is 7.00. The molecule has 1 aromatic heterocycles. The Labute approximate surface area is 143 Å². The Hall–Kier alpha value is -1.41. The molecule has 0 saturated heterocycles. The molecule has 0 spiro atoms. The number of thiazole rings is 1. The SMILES string of the molecule is Cc1ccc(C(CSc2nc3ccccc3s2)S(N)(=O)=O)cc1. The van der Waals surface area contributed by atoms with E-state index in [1.165, 1.54) is 11.8 Å². The number of aromatic nitrogens is 1. The summed E-state index contributed by atoms with van der Waals surface area (Å²) in [4.78, 5) is 4.52. The van der Waals surface area contributed by atoms with E-state index in [1.807, 2.05) is 55.5 Å². The highest BCUT2D eigenvalue weighted by Crippen LogP contribution is 2.33. The Morgan fingerprint density at radius 3 is 2.52 bits per heavy atom. The van der Waals surface area contributed by atoms with Gasteiger partial charge in [0.2, 0.25) is 10.0 Å². The second-order valence-electron chi connectivity index (χ2n) is 5.25. The Balaban J connectivity index is 1.83. The molecule has 3 rings (SSSR count). The normalized spacial score (nSPS) is 13.3. The summed E-state index contributed by atoms with van der Waals surface area (Å²) in [6.45, 7) is 1.96. The second kappa shape index (κ2) is 6.60. The summed E-state index contributed by atoms with van der Waals surface area (Å²) >= 11 is 2.99. The second-order valence-corrected chi connectivity index (χ2v) is 9.29. The van der Waals surface area contributed by atoms with E-state index in [9.17, 15) is 8.42 Å². The van der Waals surface area contributed by atoms with Crippen molar-refractivity contribution in [2.75, 3.05) is 5.75 Å². The van der Waals surface area contributed by atoms with Crippen molar-refractivity contribution in [3.8, 4) is 0 Å². The number of para-hydroxylation sites is 1. The third kappa shape index (κ3) is 3.92. The third-order valence-electron chi connectivity index (χ3n) is 3.48. The number of thioether (sulfide) groups is 1. The number of nitrogens with two attached hydrogens (primary N) is 1. The van der Waals surface area contributed by atoms with Gasteiger partial charge in [0, 0.05) is 5.75 Å². The van der Waals surface area contributed by atoms with Crippen LogP contribution in [0.2, 0.25) is 0 Å². The van der Waals surface area contributed by atoms with Gasteiger partial charge >= 0.3 is 0 Å². The summed E-state index contributed by atoms with van der Waals surface area (Å²) in [5.74, 6) is 0.349. The molecule has 1 heterocycles. The van der Waals surface area contributed by atoms with Gasteiger partial charge in [0.05, 0.1) is 10.2 Å². The molecular weight excluding hydrogens is 348 g/mol. The summed E-state index contributed by atoms with van der Waals surface area (Å²) in [6.07, 6.45) is 0. The molecule has 2 N–H and O–H groups in total. The number of hydrogen-bond donors (Lipinski definition) is 1. The lowest BCUT2D eigenvalue weighted by atomic mass is 10.1. The van der Waals surface area contributed by atoms with Gasteiger partial charge in [-0.2, -0.15) is 0 Å². The van der Waals surface area contributed by atoms with Gasteiger partial charge in [0.1, 0.15) is 5.25 Å². The molecule has 1 unspecified atom stereocenters. The first-order valence-corrected chi connectivity index (χ1v) is 10.4. The van der Waals surface area contributed by atoms with Crippen molar-refractivity contribution in [1.82, 2.24) is 4.98 Å². The minimum absolute atomic E-state index is 0.349. The van der Waals surface area contributed by atoms with Crippen LogP contribution >= 0.6 is 23.1 Å². The van der Waals surface area contributed by atoms with Crippen LogP contribution in [-0.2, 0) is 10.0 Å². The fourth-order valence-corrected chi connectivity index (χ4v) is 5.78. The van der Waals surface area contributed by atoms with Crippen molar-refractivity contribution >= 4 is 43.3 Å². The molecule has 23 heavy (non-hydrogen) atoms. The zero-order valence-corrected chi connectivity index (χ0v) is 14.9. The molecule has 120 valence electrons. The largest absolute Gasteiger partial charge is 0.230 e. The van der Waals surface area contributed by atoms with E-state index in [4.69, 9.17) is 5.14 Å². The number of benzene rings is 2. The molecule has 0 fully saturated rings. The van der Waals surface area contributed by atoms with Gasteiger partial charge in [0.25, 0.3) is 0 Å². The van der Waals surface area contributed by atoms with Crippen LogP contribution in [0.25, 0.3) is 10.2 Å². The lowest BCUT2D eigenvalue weighted by molar-refractivity contribution is 0.588. The predicted molar refractivity (Wildman–Crippen MR) is 97.4 cm³/mol. The van der Waals surface area contributed by atoms with Crippen LogP contribution < -0.4 is 5.14 Å². The summed E-state index contributed by atoms with van der Waals surface area (Å²) in [7, 11) is -3.68. The molecule has 0 aliphatic rings. The minimum Gasteiger partial charge on any atom is -0.230 e. The maximum absolute atomic E-state index is 12.0. The Kier molecular flexibility index (Phi) is 4.72. The summed E-state index contributed by atoms with van der Waals surface area (Å²) in [5.41, 5.74) is 2.73. The van der Waals surface area contributed by atoms with E-state index in [1.54, 1.807) is 11.3 Å². The van der Waals surface area contributed by atoms with Crippen LogP contribution in [-0.4, -0.2) is 19.2 Å². The van der Waals surface area contributed by atoms with Gasteiger partial charge in [-0.3, -0.25) is 0 Å². The molecule has 0 amide bonds. The number of primary sulfonamides is 1. The molecule has 0 aliphatic heterocycles. The predicted octanol–water partition coefficient (Wildman–Crippen LogP) is 3.73. The monoisotopic (exact) mass is 364 g/mol. The van der Waals surface area contributed by atoms with E-state index in [0.29, 0.717) is 11.3 Å². The quantitative estimate of drug-likeness (QED) is 0.700. The summed E-state index contributed by atoms with van der Waals surface area (Å²) < 4.78 is 25.9. The zero-order valence-electron chi connectivity index (χ0n) is 12.5. The van der Waals surface area contributed by atoms with Gasteiger partial charge in [-0.25, -0.2) is 18.5 Å². The van der Waals surface area contributed by atoms with Crippen molar-refractivity contribution in [2.24, 2.45) is 5.14 Å². The molecule has 0 radical (unpaired) electrons. The number of hydrogen-bond acceptors (Lipinski definition) is 5. The highest BCUT2D eigenvalue weighted by molar-refractivity contribution is 8.02. The Morgan fingerprint density at radius 1 is 1.17 bits per heavy atom. The van der Waals surface area contributed by atoms with E-state index >= 15 is 0 Å². The van der Waals surface area contributed by atoms with Crippen LogP contribution in [0.15, 0.2) is 52.9 Å². The van der Waals surface area contributed by atoms with E-state index < -0.39 is 15.3 Å². The molecule has 0 bridgehead atoms. The van der Waals surface area contributed by atoms with Crippen LogP contribution in [0.3, 0.4) is 0 Å². The van der Waals surface area contributed by atoms with Crippen molar-refractivity contribution in [2.45, 2.75) is 16.5 Å². The molecule has 7 heteroatoms. The topological polar surface area (TPSA) is 73.0 Å². The number of rotatable bonds is 5. The third-order valence-corrected chi connectivity index (χ3v) is 7.19. The molecule has 1 atom stereocenters. The highest BCUT2D eigenvalue weighted by atomic mass is 32.2. The Bertz CT molecular complexity index is 885. The van der Waals surface area contributed by atoms with Crippen LogP contribution in [0.5, 0.6) is 0 Å². The number of sulfonamides is 1. The molecule has 0 aliphatic carbocycles. The zero-order chi connectivity index (χ0) is 16.4. The van der Waals surface area contributed by atoms with Crippen molar-refractivity contribution in [3.05, 3.63) is 59.7 Å². The maximum Gasteiger partial charge on any atom is 0.216 e. The van der Waals surface area contributed by atoms with Gasteiger partial charge in [0.15, 0.2) is 4.34 Å². The van der Waals surface area contributed by atoms with Crippen molar-refractivity contribution < 1.29 is 8.42 Å². The Morgan fingerprint density at radius 2 is 1.87 bits per heavy atom. The molecule has 0 saturated carbocycles. The van der Waals surface area contributed by atoms with Crippen molar-refractivity contribution in [1.29, 1.82) is 0 Å². The number of aryl methyl sites for hydroxylation is 1. The van der Waals surface area contributed by atoms with Crippen molar-refractivity contribution in [3.63, 3.8) is 0 Å². The average molecular weight is 365 g/mol. The van der Waals surface area contributed by atoms with Gasteiger partial charge in [-0.1, -0.05) is 53.7 Å². The summed E-state index contributed by atoms with van der Waals surface area (Å²) in [5, 5.41) is 4.69. The minimum atomic E-state index is -3.68. The first-order chi connectivity index (χ1) is 10.9. The lowest BCUT2D eigenvalue weighted by Crippen LogP contribution is -2.23. The van der Waals surface area contributed by atoms with E-state index in [0.717, 1.165) is 20.1 Å². The van der Waals surface area contributed by atoms with Crippen LogP contribution in [0, 0.1) is 6.92 Å². The summed E-state index contributed by atoms with van der Waals surface area (Å²) in [6, 6.07) is 15.3. The first kappa shape index (κ1) is 16.4. The average Bonchev–Trinajstić information content (AvgIpc) is 2.90. The van der Waals surface area contributed by atoms with E-state index in [-0.39, 0.29) is 0 Å². The molecule has 3 aromatic rings. The van der Waals surface area contributed by atoms with Gasteiger partial charge in [-0.15, -0.1) is 11.3 Å². The standard InChI is InChI=1S/C16H16N2O2S3/c1-11-6-8-12(9-7-11)15(23(17,19)20)10-21-16-18-13-4-2-3-5-14(13)22-16/h2-9,15H,10H2,1H3,(H2,17,19,20). The molecule has 2 aromatic carbocycles.